The number of rotatable bonds is 21. The number of benzene rings is 3. The van der Waals surface area contributed by atoms with Crippen LogP contribution in [0.25, 0.3) is 21.8 Å². The Hall–Kier alpha value is -11.9. The van der Waals surface area contributed by atoms with E-state index in [1.54, 1.807) is 81.0 Å². The lowest BCUT2D eigenvalue weighted by Crippen LogP contribution is -2.62. The molecule has 125 heavy (non-hydrogen) atoms. The molecule has 1 unspecified atom stereocenters. The summed E-state index contributed by atoms with van der Waals surface area (Å²) >= 11 is 2.13. The lowest BCUT2D eigenvalue weighted by molar-refractivity contribution is -0.149. The van der Waals surface area contributed by atoms with Gasteiger partial charge in [-0.15, -0.1) is 11.8 Å². The van der Waals surface area contributed by atoms with E-state index in [9.17, 15) is 63.0 Å². The number of thioether (sulfide) groups is 2. The third kappa shape index (κ3) is 26.8. The number of primary amides is 2. The van der Waals surface area contributed by atoms with Gasteiger partial charge < -0.3 is 115 Å². The zero-order valence-electron chi connectivity index (χ0n) is 71.7. The van der Waals surface area contributed by atoms with Crippen LogP contribution in [0, 0.1) is 5.92 Å². The molecule has 3 aromatic carbocycles. The number of aliphatic hydroxyl groups is 1. The number of aliphatic hydroxyl groups excluding tert-OH is 1. The van der Waals surface area contributed by atoms with Crippen molar-refractivity contribution in [2.45, 2.75) is 203 Å². The van der Waals surface area contributed by atoms with Gasteiger partial charge in [0.05, 0.1) is 25.3 Å². The van der Waals surface area contributed by atoms with Crippen LogP contribution in [0.2, 0.25) is 0 Å². The van der Waals surface area contributed by atoms with Crippen molar-refractivity contribution in [3.63, 3.8) is 0 Å². The van der Waals surface area contributed by atoms with Gasteiger partial charge in [-0.3, -0.25) is 81.5 Å². The number of phenols is 1. The predicted molar refractivity (Wildman–Crippen MR) is 465 cm³/mol. The maximum atomic E-state index is 15.6. The molecule has 3 saturated heterocycles. The molecule has 3 aliphatic rings. The summed E-state index contributed by atoms with van der Waals surface area (Å²) in [6.07, 6.45) is 5.06. The van der Waals surface area contributed by atoms with E-state index in [0.29, 0.717) is 51.3 Å². The Morgan fingerprint density at radius 2 is 1.06 bits per heavy atom. The van der Waals surface area contributed by atoms with Gasteiger partial charge in [0.25, 0.3) is 0 Å². The highest BCUT2D eigenvalue weighted by atomic mass is 32.2. The summed E-state index contributed by atoms with van der Waals surface area (Å²) < 4.78 is 0. The minimum absolute atomic E-state index is 0.00126. The fraction of sp³-hybridized carbons (Fsp3) is 0.536. The van der Waals surface area contributed by atoms with Gasteiger partial charge >= 0.3 is 0 Å². The molecule has 41 heteroatoms. The monoisotopic (exact) mass is 1770 g/mol. The molecule has 14 atom stereocenters. The van der Waals surface area contributed by atoms with E-state index in [-0.39, 0.29) is 94.7 Å². The number of hydrogen-bond donors (Lipinski definition) is 17. The molecule has 0 radical (unpaired) electrons. The number of likely N-dealkylation sites (N-methyl/N-ethyl adjacent to an activating group) is 3. The molecule has 3 fully saturated rings. The molecule has 8 rings (SSSR count). The Labute approximate surface area is 732 Å². The van der Waals surface area contributed by atoms with E-state index in [2.05, 4.69) is 63.1 Å². The topological polar surface area (TPSA) is 577 Å². The number of amides is 17. The van der Waals surface area contributed by atoms with Crippen molar-refractivity contribution in [1.82, 2.24) is 87.6 Å². The fourth-order valence-corrected chi connectivity index (χ4v) is 16.7. The van der Waals surface area contributed by atoms with E-state index >= 15 is 28.8 Å². The number of phenolic OH excluding ortho intramolecular Hbond substituents is 1. The van der Waals surface area contributed by atoms with E-state index in [1.807, 2.05) is 6.92 Å². The summed E-state index contributed by atoms with van der Waals surface area (Å²) in [4.78, 5) is 258. The number of nitrogens with one attached hydrogen (secondary N) is 12. The first-order valence-electron chi connectivity index (χ1n) is 41.7. The number of carbonyl (C=O) groups excluding carboxylic acids is 17. The molecule has 3 aliphatic heterocycles. The van der Waals surface area contributed by atoms with Crippen LogP contribution in [-0.2, 0) is 101 Å². The number of unbranched alkanes of at least 4 members (excludes halogenated alkanes) is 1. The Morgan fingerprint density at radius 3 is 1.62 bits per heavy atom. The van der Waals surface area contributed by atoms with Crippen molar-refractivity contribution < 1.29 is 91.7 Å². The molecular weight excluding hydrogens is 1660 g/mol. The standard InChI is InChI=1S/C84H118N20O19S2/c1-10-11-22-64-77(116)91-46(4)71(110)99-63(73(112)90-41-69(87)108)43-125-44-70(109)92-58(34-48-25-27-51(106)28-26-48)80(119)100(6)47(5)72(111)94-60(37-68(86)107)83(122)104-31-17-24-66(104)79(118)97-61(38-85)75(114)95-57(33-45(2)3)82(121)103-30-16-23-65(103)78(117)93-56(35-49-39-88-54-20-14-12-18-52(49)54)74(113)98-62(42-105)76(115)96-59(36-50-40-89-55-21-15-13-19-53(50)55)81(120)102(8)67(29-32-124-9)84(123)101(64)7/h12-15,18-21,25-28,39-40,45-47,56-67,88-89,105-106H,10-11,16-17,22-24,29-38,41-44,85H2,1-9H3,(H2,86,107)(H2,87,108)(H,90,112)(H,91,116)(H,92,109)(H,93,117)(H,94,111)(H,95,114)(H,96,115)(H,97,118)(H,98,113)(H,99,110)/t46-,47-,56-,57-,58-,59-,60-,61-,62-,63?,64-,65-,66-,67-/m0/s1. The highest BCUT2D eigenvalue weighted by Crippen LogP contribution is 2.27. The van der Waals surface area contributed by atoms with Crippen LogP contribution in [0.1, 0.15) is 116 Å². The number of aromatic hydroxyl groups is 1. The summed E-state index contributed by atoms with van der Waals surface area (Å²) in [5.74, 6) is -16.3. The van der Waals surface area contributed by atoms with Crippen LogP contribution in [0.15, 0.2) is 85.2 Å². The van der Waals surface area contributed by atoms with E-state index in [1.165, 1.54) is 75.9 Å². The summed E-state index contributed by atoms with van der Waals surface area (Å²) in [6, 6.07) is -0.920. The second kappa shape index (κ2) is 46.8. The number of aromatic nitrogens is 2. The minimum Gasteiger partial charge on any atom is -0.508 e. The lowest BCUT2D eigenvalue weighted by Gasteiger charge is -2.36. The van der Waals surface area contributed by atoms with E-state index in [4.69, 9.17) is 17.2 Å². The fourth-order valence-electron chi connectivity index (χ4n) is 15.4. The largest absolute Gasteiger partial charge is 0.508 e. The molecule has 680 valence electrons. The van der Waals surface area contributed by atoms with Gasteiger partial charge in [-0.25, -0.2) is 0 Å². The SMILES string of the molecule is CCCC[C@H]1C(=O)N[C@@H](C)C(=O)NC(C(=O)NCC(N)=O)CSCC(=O)N[C@@H](Cc2ccc(O)cc2)C(=O)N(C)[C@@H](C)C(=O)N[C@@H](CC(N)=O)C(=O)N2CCC[C@H]2C(=O)N[C@@H](CN)C(=O)N[C@@H](CC(C)C)C(=O)N2CCC[C@H]2C(=O)N[C@@H](Cc2c[nH]c3ccccc23)C(=O)N[C@@H](CO)C(=O)N[C@@H](Cc2c[nH]c3ccccc23)C(=O)N(C)[C@@H](CCSC)C(=O)N1C. The molecule has 5 heterocycles. The van der Waals surface area contributed by atoms with Gasteiger partial charge in [0, 0.05) is 100.0 Å². The van der Waals surface area contributed by atoms with Crippen molar-refractivity contribution in [2.24, 2.45) is 23.1 Å². The summed E-state index contributed by atoms with van der Waals surface area (Å²) in [5.41, 5.74) is 20.1. The molecule has 0 spiro atoms. The molecular formula is C84H118N20O19S2. The summed E-state index contributed by atoms with van der Waals surface area (Å²) in [7, 11) is 3.94. The molecule has 20 N–H and O–H groups in total. The number of aromatic amines is 2. The van der Waals surface area contributed by atoms with Gasteiger partial charge in [-0.05, 0) is 118 Å². The third-order valence-electron chi connectivity index (χ3n) is 22.4. The van der Waals surface area contributed by atoms with Crippen molar-refractivity contribution in [2.75, 3.05) is 77.4 Å². The number of nitrogens with zero attached hydrogens (tertiary/aromatic N) is 5. The number of H-pyrrole nitrogens is 2. The van der Waals surface area contributed by atoms with Crippen LogP contribution >= 0.6 is 23.5 Å². The first-order chi connectivity index (χ1) is 59.5. The van der Waals surface area contributed by atoms with Crippen molar-refractivity contribution >= 4 is 146 Å². The third-order valence-corrected chi connectivity index (χ3v) is 24.1. The predicted octanol–water partition coefficient (Wildman–Crippen LogP) is -2.59. The average molecular weight is 1780 g/mol. The normalized spacial score (nSPS) is 25.3. The minimum atomic E-state index is -1.83. The molecule has 5 aromatic rings. The van der Waals surface area contributed by atoms with Crippen molar-refractivity contribution in [1.29, 1.82) is 0 Å². The average Bonchev–Trinajstić information content (AvgIpc) is 1.75. The van der Waals surface area contributed by atoms with Gasteiger partial charge in [0.2, 0.25) is 100 Å². The zero-order chi connectivity index (χ0) is 91.6. The first kappa shape index (κ1) is 98.6. The number of nitrogens with two attached hydrogens (primary N) is 3. The van der Waals surface area contributed by atoms with Crippen LogP contribution in [0.3, 0.4) is 0 Å². The number of carbonyl (C=O) groups is 17. The first-order valence-corrected chi connectivity index (χ1v) is 44.3. The molecule has 0 saturated carbocycles. The highest BCUT2D eigenvalue weighted by molar-refractivity contribution is 8.00. The number of para-hydroxylation sites is 2. The molecule has 17 amide bonds. The van der Waals surface area contributed by atoms with Crippen molar-refractivity contribution in [3.8, 4) is 5.75 Å². The smallest absolute Gasteiger partial charge is 0.246 e. The summed E-state index contributed by atoms with van der Waals surface area (Å²) in [5, 5.41) is 48.7. The van der Waals surface area contributed by atoms with Gasteiger partial charge in [0.15, 0.2) is 0 Å². The van der Waals surface area contributed by atoms with E-state index in [0.717, 1.165) is 31.4 Å². The van der Waals surface area contributed by atoms with Crippen LogP contribution in [0.4, 0.5) is 0 Å². The maximum absolute atomic E-state index is 15.6. The molecule has 2 aromatic heterocycles. The highest BCUT2D eigenvalue weighted by Gasteiger charge is 2.45. The molecule has 39 nitrogen and oxygen atoms in total. The zero-order valence-corrected chi connectivity index (χ0v) is 73.3. The lowest BCUT2D eigenvalue weighted by atomic mass is 10.0. The quantitative estimate of drug-likeness (QED) is 0.0359. The second-order valence-corrected chi connectivity index (χ2v) is 34.1. The molecule has 0 aliphatic carbocycles. The Bertz CT molecular complexity index is 4720. The van der Waals surface area contributed by atoms with E-state index < -0.39 is 223 Å². The second-order valence-electron chi connectivity index (χ2n) is 32.1. The maximum Gasteiger partial charge on any atom is 0.246 e. The Morgan fingerprint density at radius 1 is 0.552 bits per heavy atom. The van der Waals surface area contributed by atoms with Crippen LogP contribution < -0.4 is 70.4 Å². The Balaban J connectivity index is 1.15. The van der Waals surface area contributed by atoms with Crippen LogP contribution in [-0.4, -0.2) is 307 Å². The van der Waals surface area contributed by atoms with Crippen molar-refractivity contribution in [3.05, 3.63) is 102 Å². The van der Waals surface area contributed by atoms with Gasteiger partial charge in [0.1, 0.15) is 90.3 Å². The summed E-state index contributed by atoms with van der Waals surface area (Å²) in [6.45, 7) is 5.62. The number of fused-ring (bicyclic) bond motifs is 4. The van der Waals surface area contributed by atoms with Gasteiger partial charge in [-0.2, -0.15) is 11.8 Å². The Kier molecular flexibility index (Phi) is 36.9. The molecule has 0 bridgehead atoms. The van der Waals surface area contributed by atoms with Gasteiger partial charge in [-0.1, -0.05) is 82.1 Å². The van der Waals surface area contributed by atoms with Crippen LogP contribution in [0.5, 0.6) is 5.75 Å². The number of hydrogen-bond acceptors (Lipinski definition) is 22.